The highest BCUT2D eigenvalue weighted by Crippen LogP contribution is 2.10. The van der Waals surface area contributed by atoms with E-state index in [0.29, 0.717) is 19.0 Å². The normalized spacial score (nSPS) is 19.5. The fourth-order valence-corrected chi connectivity index (χ4v) is 3.90. The van der Waals surface area contributed by atoms with Crippen LogP contribution in [0.3, 0.4) is 0 Å². The zero-order valence-electron chi connectivity index (χ0n) is 12.6. The van der Waals surface area contributed by atoms with Gasteiger partial charge in [0.25, 0.3) is 0 Å². The van der Waals surface area contributed by atoms with Gasteiger partial charge >= 0.3 is 0 Å². The first kappa shape index (κ1) is 16.5. The smallest absolute Gasteiger partial charge is 0.211 e. The maximum atomic E-state index is 11.9. The molecular weight excluding hydrogens is 284 g/mol. The number of rotatable bonds is 8. The molecule has 0 radical (unpaired) electrons. The molecule has 2 N–H and O–H groups in total. The second-order valence-electron chi connectivity index (χ2n) is 5.74. The van der Waals surface area contributed by atoms with E-state index in [9.17, 15) is 8.42 Å². The van der Waals surface area contributed by atoms with Crippen LogP contribution in [-0.4, -0.2) is 33.3 Å². The van der Waals surface area contributed by atoms with Gasteiger partial charge in [0, 0.05) is 12.6 Å². The minimum absolute atomic E-state index is 0.232. The van der Waals surface area contributed by atoms with E-state index < -0.39 is 10.0 Å². The molecule has 1 fully saturated rings. The van der Waals surface area contributed by atoms with Crippen molar-refractivity contribution < 1.29 is 8.42 Å². The van der Waals surface area contributed by atoms with Crippen LogP contribution in [0.5, 0.6) is 0 Å². The van der Waals surface area contributed by atoms with Crippen LogP contribution < -0.4 is 10.0 Å². The van der Waals surface area contributed by atoms with E-state index in [1.807, 2.05) is 18.2 Å². The maximum Gasteiger partial charge on any atom is 0.211 e. The van der Waals surface area contributed by atoms with Gasteiger partial charge in [-0.2, -0.15) is 0 Å². The average Bonchev–Trinajstić information content (AvgIpc) is 2.52. The van der Waals surface area contributed by atoms with E-state index in [4.69, 9.17) is 0 Å². The first-order chi connectivity index (χ1) is 10.2. The molecule has 0 saturated carbocycles. The summed E-state index contributed by atoms with van der Waals surface area (Å²) in [6, 6.07) is 10.5. The van der Waals surface area contributed by atoms with E-state index >= 15 is 0 Å². The molecule has 0 spiro atoms. The van der Waals surface area contributed by atoms with Crippen molar-refractivity contribution in [1.29, 1.82) is 0 Å². The molecule has 1 saturated heterocycles. The molecule has 0 aliphatic carbocycles. The summed E-state index contributed by atoms with van der Waals surface area (Å²) in [7, 11) is -3.13. The van der Waals surface area contributed by atoms with Gasteiger partial charge in [-0.3, -0.25) is 0 Å². The van der Waals surface area contributed by atoms with Gasteiger partial charge in [0.05, 0.1) is 5.75 Å². The zero-order valence-corrected chi connectivity index (χ0v) is 13.4. The molecule has 1 aromatic carbocycles. The number of sulfonamides is 1. The standard InChI is InChI=1S/C16H26N2O2S/c19-21(20,14-11-16-10-4-5-12-17-16)18-13-6-9-15-7-2-1-3-8-15/h1-3,7-8,16-18H,4-6,9-14H2. The molecule has 0 amide bonds. The van der Waals surface area contributed by atoms with Gasteiger partial charge in [-0.05, 0) is 44.2 Å². The molecule has 2 rings (SSSR count). The van der Waals surface area contributed by atoms with E-state index in [1.165, 1.54) is 18.4 Å². The molecule has 4 nitrogen and oxygen atoms in total. The van der Waals surface area contributed by atoms with E-state index in [1.54, 1.807) is 0 Å². The SMILES string of the molecule is O=S(=O)(CCC1CCCCN1)NCCCc1ccccc1. The summed E-state index contributed by atoms with van der Waals surface area (Å²) >= 11 is 0. The molecular formula is C16H26N2O2S. The van der Waals surface area contributed by atoms with E-state index in [-0.39, 0.29) is 5.75 Å². The van der Waals surface area contributed by atoms with E-state index in [2.05, 4.69) is 22.2 Å². The van der Waals surface area contributed by atoms with Crippen LogP contribution in [0.25, 0.3) is 0 Å². The van der Waals surface area contributed by atoms with Crippen molar-refractivity contribution in [3.63, 3.8) is 0 Å². The second-order valence-corrected chi connectivity index (χ2v) is 7.66. The van der Waals surface area contributed by atoms with Crippen molar-refractivity contribution >= 4 is 10.0 Å². The molecule has 0 bridgehead atoms. The van der Waals surface area contributed by atoms with Crippen molar-refractivity contribution in [3.05, 3.63) is 35.9 Å². The number of benzene rings is 1. The van der Waals surface area contributed by atoms with Crippen molar-refractivity contribution in [3.8, 4) is 0 Å². The van der Waals surface area contributed by atoms with Crippen LogP contribution in [0.2, 0.25) is 0 Å². The minimum atomic E-state index is -3.13. The predicted octanol–water partition coefficient (Wildman–Crippen LogP) is 2.07. The number of aryl methyl sites for hydroxylation is 1. The summed E-state index contributed by atoms with van der Waals surface area (Å²) in [5.41, 5.74) is 1.25. The Bertz CT molecular complexity index is 496. The van der Waals surface area contributed by atoms with Crippen molar-refractivity contribution in [2.75, 3.05) is 18.8 Å². The Balaban J connectivity index is 1.62. The summed E-state index contributed by atoms with van der Waals surface area (Å²) in [6.07, 6.45) is 5.99. The van der Waals surface area contributed by atoms with Crippen molar-refractivity contribution in [1.82, 2.24) is 10.0 Å². The lowest BCUT2D eigenvalue weighted by molar-refractivity contribution is 0.392. The predicted molar refractivity (Wildman–Crippen MR) is 86.8 cm³/mol. The third kappa shape index (κ3) is 6.59. The summed E-state index contributed by atoms with van der Waals surface area (Å²) in [5, 5.41) is 3.39. The zero-order chi connectivity index (χ0) is 15.0. The van der Waals surface area contributed by atoms with Gasteiger partial charge in [0.2, 0.25) is 10.0 Å². The van der Waals surface area contributed by atoms with Gasteiger partial charge in [0.1, 0.15) is 0 Å². The fraction of sp³-hybridized carbons (Fsp3) is 0.625. The summed E-state index contributed by atoms with van der Waals surface area (Å²) in [4.78, 5) is 0. The molecule has 5 heteroatoms. The Morgan fingerprint density at radius 3 is 2.71 bits per heavy atom. The Labute approximate surface area is 128 Å². The van der Waals surface area contributed by atoms with Gasteiger partial charge in [-0.1, -0.05) is 36.8 Å². The van der Waals surface area contributed by atoms with Gasteiger partial charge in [0.15, 0.2) is 0 Å². The molecule has 1 aromatic rings. The lowest BCUT2D eigenvalue weighted by Gasteiger charge is -2.23. The quantitative estimate of drug-likeness (QED) is 0.723. The number of piperidine rings is 1. The highest BCUT2D eigenvalue weighted by molar-refractivity contribution is 7.89. The largest absolute Gasteiger partial charge is 0.314 e. The summed E-state index contributed by atoms with van der Waals surface area (Å²) in [6.45, 7) is 1.55. The Morgan fingerprint density at radius 2 is 2.00 bits per heavy atom. The van der Waals surface area contributed by atoms with Gasteiger partial charge < -0.3 is 5.32 Å². The van der Waals surface area contributed by atoms with Crippen molar-refractivity contribution in [2.45, 2.75) is 44.6 Å². The first-order valence-corrected chi connectivity index (χ1v) is 9.55. The highest BCUT2D eigenvalue weighted by atomic mass is 32.2. The van der Waals surface area contributed by atoms with Crippen LogP contribution in [0.4, 0.5) is 0 Å². The lowest BCUT2D eigenvalue weighted by Crippen LogP contribution is -2.37. The van der Waals surface area contributed by atoms with Crippen LogP contribution in [-0.2, 0) is 16.4 Å². The third-order valence-electron chi connectivity index (χ3n) is 3.95. The topological polar surface area (TPSA) is 58.2 Å². The fourth-order valence-electron chi connectivity index (χ4n) is 2.70. The molecule has 1 aliphatic rings. The Kier molecular flexibility index (Phi) is 6.67. The summed E-state index contributed by atoms with van der Waals surface area (Å²) in [5.74, 6) is 0.232. The molecule has 21 heavy (non-hydrogen) atoms. The monoisotopic (exact) mass is 310 g/mol. The summed E-state index contributed by atoms with van der Waals surface area (Å²) < 4.78 is 26.6. The number of hydrogen-bond donors (Lipinski definition) is 2. The molecule has 1 atom stereocenters. The first-order valence-electron chi connectivity index (χ1n) is 7.90. The maximum absolute atomic E-state index is 11.9. The Morgan fingerprint density at radius 1 is 1.19 bits per heavy atom. The van der Waals surface area contributed by atoms with E-state index in [0.717, 1.165) is 25.8 Å². The van der Waals surface area contributed by atoms with Crippen LogP contribution >= 0.6 is 0 Å². The molecule has 0 aromatic heterocycles. The van der Waals surface area contributed by atoms with Crippen LogP contribution in [0, 0.1) is 0 Å². The van der Waals surface area contributed by atoms with Crippen LogP contribution in [0.15, 0.2) is 30.3 Å². The third-order valence-corrected chi connectivity index (χ3v) is 5.37. The highest BCUT2D eigenvalue weighted by Gasteiger charge is 2.16. The second kappa shape index (κ2) is 8.51. The number of hydrogen-bond acceptors (Lipinski definition) is 3. The molecule has 118 valence electrons. The average molecular weight is 310 g/mol. The Hall–Kier alpha value is -0.910. The lowest BCUT2D eigenvalue weighted by atomic mass is 10.0. The number of nitrogens with one attached hydrogen (secondary N) is 2. The molecule has 1 aliphatic heterocycles. The van der Waals surface area contributed by atoms with Gasteiger partial charge in [-0.25, -0.2) is 13.1 Å². The van der Waals surface area contributed by atoms with Gasteiger partial charge in [-0.15, -0.1) is 0 Å². The molecule has 1 unspecified atom stereocenters. The van der Waals surface area contributed by atoms with Crippen molar-refractivity contribution in [2.24, 2.45) is 0 Å². The van der Waals surface area contributed by atoms with Crippen LogP contribution in [0.1, 0.15) is 37.7 Å². The molecule has 1 heterocycles. The minimum Gasteiger partial charge on any atom is -0.314 e.